The second-order valence-electron chi connectivity index (χ2n) is 6.79. The summed E-state index contributed by atoms with van der Waals surface area (Å²) in [4.78, 5) is 35.0. The van der Waals surface area contributed by atoms with Gasteiger partial charge in [0.15, 0.2) is 6.61 Å². The van der Waals surface area contributed by atoms with E-state index in [1.807, 2.05) is 0 Å². The average Bonchev–Trinajstić information content (AvgIpc) is 2.78. The highest BCUT2D eigenvalue weighted by Crippen LogP contribution is 2.27. The maximum Gasteiger partial charge on any atom is 0.338 e. The number of nitrogens with one attached hydrogen (secondary N) is 1. The summed E-state index contributed by atoms with van der Waals surface area (Å²) < 4.78 is 23.6. The van der Waals surface area contributed by atoms with Crippen LogP contribution in [0.25, 0.3) is 0 Å². The molecule has 0 unspecified atom stereocenters. The van der Waals surface area contributed by atoms with E-state index in [-0.39, 0.29) is 29.4 Å². The Morgan fingerprint density at radius 1 is 1.06 bits per heavy atom. The van der Waals surface area contributed by atoms with E-state index in [2.05, 4.69) is 5.32 Å². The van der Waals surface area contributed by atoms with Gasteiger partial charge in [0.2, 0.25) is 0 Å². The topological polar surface area (TPSA) is 108 Å². The van der Waals surface area contributed by atoms with E-state index in [1.54, 1.807) is 37.3 Å². The third-order valence-corrected chi connectivity index (χ3v) is 4.43. The van der Waals surface area contributed by atoms with E-state index in [0.717, 1.165) is 5.56 Å². The molecule has 9 heteroatoms. The Balaban J connectivity index is 1.57. The SMILES string of the molecule is Cc1cccc([N+](=O)[O-])c1NC(=O)COC(=O)c1cccc(OCc2ccc(F)cc2)c1. The van der Waals surface area contributed by atoms with Crippen molar-refractivity contribution < 1.29 is 28.4 Å². The molecule has 0 fully saturated rings. The van der Waals surface area contributed by atoms with Crippen LogP contribution in [0.3, 0.4) is 0 Å². The summed E-state index contributed by atoms with van der Waals surface area (Å²) in [6, 6.07) is 16.4. The van der Waals surface area contributed by atoms with E-state index >= 15 is 0 Å². The second-order valence-corrected chi connectivity index (χ2v) is 6.79. The van der Waals surface area contributed by atoms with E-state index in [0.29, 0.717) is 11.3 Å². The highest BCUT2D eigenvalue weighted by atomic mass is 19.1. The summed E-state index contributed by atoms with van der Waals surface area (Å²) in [5.74, 6) is -1.42. The van der Waals surface area contributed by atoms with Gasteiger partial charge < -0.3 is 14.8 Å². The van der Waals surface area contributed by atoms with E-state index in [4.69, 9.17) is 9.47 Å². The number of rotatable bonds is 8. The van der Waals surface area contributed by atoms with Gasteiger partial charge in [-0.25, -0.2) is 9.18 Å². The summed E-state index contributed by atoms with van der Waals surface area (Å²) in [6.07, 6.45) is 0. The van der Waals surface area contributed by atoms with E-state index in [9.17, 15) is 24.1 Å². The first-order valence-electron chi connectivity index (χ1n) is 9.52. The van der Waals surface area contributed by atoms with Gasteiger partial charge >= 0.3 is 5.97 Å². The van der Waals surface area contributed by atoms with Crippen molar-refractivity contribution in [3.63, 3.8) is 0 Å². The monoisotopic (exact) mass is 438 g/mol. The normalized spacial score (nSPS) is 10.3. The maximum atomic E-state index is 13.0. The van der Waals surface area contributed by atoms with Crippen molar-refractivity contribution in [3.05, 3.63) is 99.4 Å². The van der Waals surface area contributed by atoms with Gasteiger partial charge in [0, 0.05) is 6.07 Å². The molecule has 0 saturated carbocycles. The minimum Gasteiger partial charge on any atom is -0.489 e. The minimum atomic E-state index is -0.758. The fraction of sp³-hybridized carbons (Fsp3) is 0.130. The van der Waals surface area contributed by atoms with Crippen LogP contribution in [0.4, 0.5) is 15.8 Å². The van der Waals surface area contributed by atoms with Crippen LogP contribution in [0.1, 0.15) is 21.5 Å². The van der Waals surface area contributed by atoms with Gasteiger partial charge in [-0.15, -0.1) is 0 Å². The van der Waals surface area contributed by atoms with Gasteiger partial charge in [0.25, 0.3) is 11.6 Å². The highest BCUT2D eigenvalue weighted by molar-refractivity contribution is 5.97. The Morgan fingerprint density at radius 3 is 2.50 bits per heavy atom. The van der Waals surface area contributed by atoms with Crippen molar-refractivity contribution >= 4 is 23.3 Å². The van der Waals surface area contributed by atoms with Crippen LogP contribution in [0.5, 0.6) is 5.75 Å². The van der Waals surface area contributed by atoms with Gasteiger partial charge in [0.1, 0.15) is 23.9 Å². The van der Waals surface area contributed by atoms with Crippen LogP contribution >= 0.6 is 0 Å². The van der Waals surface area contributed by atoms with Crippen molar-refractivity contribution in [1.29, 1.82) is 0 Å². The summed E-state index contributed by atoms with van der Waals surface area (Å²) >= 11 is 0. The Labute approximate surface area is 182 Å². The van der Waals surface area contributed by atoms with Gasteiger partial charge in [-0.1, -0.05) is 30.3 Å². The number of nitro benzene ring substituents is 1. The van der Waals surface area contributed by atoms with Crippen LogP contribution in [-0.2, 0) is 16.1 Å². The summed E-state index contributed by atoms with van der Waals surface area (Å²) in [7, 11) is 0. The molecule has 1 N–H and O–H groups in total. The molecule has 0 spiro atoms. The predicted molar refractivity (Wildman–Crippen MR) is 114 cm³/mol. The number of para-hydroxylation sites is 1. The van der Waals surface area contributed by atoms with Crippen LogP contribution in [0, 0.1) is 22.9 Å². The molecule has 0 saturated heterocycles. The molecule has 32 heavy (non-hydrogen) atoms. The Kier molecular flexibility index (Phi) is 7.12. The van der Waals surface area contributed by atoms with E-state index < -0.39 is 23.4 Å². The molecule has 3 aromatic rings. The van der Waals surface area contributed by atoms with Gasteiger partial charge in [-0.3, -0.25) is 14.9 Å². The number of halogens is 1. The van der Waals surface area contributed by atoms with Crippen molar-refractivity contribution in [2.45, 2.75) is 13.5 Å². The Morgan fingerprint density at radius 2 is 1.78 bits per heavy atom. The van der Waals surface area contributed by atoms with Gasteiger partial charge in [-0.2, -0.15) is 0 Å². The summed E-state index contributed by atoms with van der Waals surface area (Å²) in [6.45, 7) is 1.17. The lowest BCUT2D eigenvalue weighted by molar-refractivity contribution is -0.384. The number of esters is 1. The Hall–Kier alpha value is -4.27. The zero-order valence-corrected chi connectivity index (χ0v) is 17.0. The van der Waals surface area contributed by atoms with E-state index in [1.165, 1.54) is 36.4 Å². The molecule has 0 aliphatic heterocycles. The lowest BCUT2D eigenvalue weighted by Gasteiger charge is -2.10. The third kappa shape index (κ3) is 5.88. The third-order valence-electron chi connectivity index (χ3n) is 4.43. The van der Waals surface area contributed by atoms with Gasteiger partial charge in [-0.05, 0) is 48.4 Å². The van der Waals surface area contributed by atoms with Gasteiger partial charge in [0.05, 0.1) is 10.5 Å². The molecule has 0 aliphatic carbocycles. The smallest absolute Gasteiger partial charge is 0.338 e. The second kappa shape index (κ2) is 10.2. The fourth-order valence-corrected chi connectivity index (χ4v) is 2.82. The van der Waals surface area contributed by atoms with Crippen molar-refractivity contribution in [2.24, 2.45) is 0 Å². The molecule has 0 heterocycles. The number of anilines is 1. The lowest BCUT2D eigenvalue weighted by atomic mass is 10.1. The number of nitro groups is 1. The van der Waals surface area contributed by atoms with Crippen LogP contribution in [-0.4, -0.2) is 23.4 Å². The molecular formula is C23H19FN2O6. The standard InChI is InChI=1S/C23H19FN2O6/c1-15-4-2-7-20(26(29)30)22(15)25-21(27)14-32-23(28)17-5-3-6-19(12-17)31-13-16-8-10-18(24)11-9-16/h2-12H,13-14H2,1H3,(H,25,27). The molecule has 8 nitrogen and oxygen atoms in total. The van der Waals surface area contributed by atoms with Crippen molar-refractivity contribution in [1.82, 2.24) is 0 Å². The number of amides is 1. The molecule has 0 aromatic heterocycles. The number of ether oxygens (including phenoxy) is 2. The molecule has 0 bridgehead atoms. The zero-order chi connectivity index (χ0) is 23.1. The summed E-state index contributed by atoms with van der Waals surface area (Å²) in [5, 5.41) is 13.5. The number of aryl methyl sites for hydroxylation is 1. The molecular weight excluding hydrogens is 419 g/mol. The van der Waals surface area contributed by atoms with Crippen molar-refractivity contribution in [2.75, 3.05) is 11.9 Å². The molecule has 3 aromatic carbocycles. The molecule has 3 rings (SSSR count). The first kappa shape index (κ1) is 22.4. The molecule has 0 atom stereocenters. The zero-order valence-electron chi connectivity index (χ0n) is 17.0. The first-order chi connectivity index (χ1) is 15.3. The highest BCUT2D eigenvalue weighted by Gasteiger charge is 2.19. The number of nitrogens with zero attached hydrogens (tertiary/aromatic N) is 1. The largest absolute Gasteiger partial charge is 0.489 e. The quantitative estimate of drug-likeness (QED) is 0.317. The van der Waals surface area contributed by atoms with Crippen LogP contribution < -0.4 is 10.1 Å². The number of hydrogen-bond donors (Lipinski definition) is 1. The average molecular weight is 438 g/mol. The molecule has 0 radical (unpaired) electrons. The van der Waals surface area contributed by atoms with Crippen LogP contribution in [0.15, 0.2) is 66.7 Å². The number of carbonyl (C=O) groups excluding carboxylic acids is 2. The van der Waals surface area contributed by atoms with Crippen LogP contribution in [0.2, 0.25) is 0 Å². The maximum absolute atomic E-state index is 13.0. The Bertz CT molecular complexity index is 1150. The number of hydrogen-bond acceptors (Lipinski definition) is 6. The van der Waals surface area contributed by atoms with Crippen molar-refractivity contribution in [3.8, 4) is 5.75 Å². The number of benzene rings is 3. The molecule has 164 valence electrons. The molecule has 0 aliphatic rings. The predicted octanol–water partition coefficient (Wildman–Crippen LogP) is 4.42. The minimum absolute atomic E-state index is 0.0507. The molecule has 1 amide bonds. The number of carbonyl (C=O) groups is 2. The first-order valence-corrected chi connectivity index (χ1v) is 9.52. The fourth-order valence-electron chi connectivity index (χ4n) is 2.82. The summed E-state index contributed by atoms with van der Waals surface area (Å²) in [5.41, 5.74) is 1.22. The lowest BCUT2D eigenvalue weighted by Crippen LogP contribution is -2.22.